The molecule has 2 heterocycles. The van der Waals surface area contributed by atoms with Gasteiger partial charge in [-0.3, -0.25) is 9.78 Å². The van der Waals surface area contributed by atoms with Crippen LogP contribution in [-0.4, -0.2) is 9.97 Å². The van der Waals surface area contributed by atoms with Crippen molar-refractivity contribution in [3.8, 4) is 6.01 Å². The number of allylic oxidation sites excluding steroid dienone is 4. The van der Waals surface area contributed by atoms with Crippen molar-refractivity contribution in [3.63, 3.8) is 0 Å². The molecule has 0 radical (unpaired) electrons. The van der Waals surface area contributed by atoms with Crippen molar-refractivity contribution in [2.75, 3.05) is 0 Å². The maximum atomic E-state index is 12.6. The Morgan fingerprint density at radius 1 is 1.15 bits per heavy atom. The van der Waals surface area contributed by atoms with E-state index in [1.54, 1.807) is 0 Å². The zero-order valence-corrected chi connectivity index (χ0v) is 14.6. The fraction of sp³-hybridized carbons (Fsp3) is 0.190. The summed E-state index contributed by atoms with van der Waals surface area (Å²) >= 11 is 0. The topological polar surface area (TPSA) is 85.2 Å². The summed E-state index contributed by atoms with van der Waals surface area (Å²) in [5.74, 6) is 0. The molecule has 3 aromatic rings. The van der Waals surface area contributed by atoms with Gasteiger partial charge in [-0.05, 0) is 36.0 Å². The fourth-order valence-electron chi connectivity index (χ4n) is 3.08. The molecule has 1 N–H and O–H groups in total. The number of hydrogen-bond donors (Lipinski definition) is 1. The van der Waals surface area contributed by atoms with Crippen molar-refractivity contribution in [3.05, 3.63) is 92.1 Å². The summed E-state index contributed by atoms with van der Waals surface area (Å²) in [6.07, 6.45) is 8.65. The van der Waals surface area contributed by atoms with Crippen molar-refractivity contribution >= 4 is 11.1 Å². The van der Waals surface area contributed by atoms with Crippen LogP contribution in [0.5, 0.6) is 6.01 Å². The van der Waals surface area contributed by atoms with Crippen molar-refractivity contribution in [1.82, 2.24) is 9.97 Å². The second kappa shape index (κ2) is 7.45. The van der Waals surface area contributed by atoms with Gasteiger partial charge in [-0.25, -0.2) is 4.79 Å². The predicted molar refractivity (Wildman–Crippen MR) is 102 cm³/mol. The maximum Gasteiger partial charge on any atom is 0.337 e. The number of nitrogens with zero attached hydrogens (tertiary/aromatic N) is 1. The molecule has 1 aromatic carbocycles. The third kappa shape index (κ3) is 3.89. The minimum absolute atomic E-state index is 0.00954. The predicted octanol–water partition coefficient (Wildman–Crippen LogP) is 3.27. The van der Waals surface area contributed by atoms with E-state index in [0.717, 1.165) is 24.0 Å². The van der Waals surface area contributed by atoms with Crippen LogP contribution in [0.3, 0.4) is 0 Å². The molecule has 0 atom stereocenters. The number of ether oxygens (including phenoxy) is 1. The van der Waals surface area contributed by atoms with E-state index < -0.39 is 5.63 Å². The van der Waals surface area contributed by atoms with Crippen LogP contribution in [0.1, 0.15) is 24.0 Å². The van der Waals surface area contributed by atoms with E-state index in [4.69, 9.17) is 9.15 Å². The number of fused-ring (bicyclic) bond motifs is 1. The van der Waals surface area contributed by atoms with Gasteiger partial charge in [0.25, 0.3) is 11.6 Å². The molecule has 6 heteroatoms. The molecule has 0 fully saturated rings. The Bertz CT molecular complexity index is 1140. The highest BCUT2D eigenvalue weighted by atomic mass is 16.5. The second-order valence-corrected chi connectivity index (χ2v) is 6.35. The quantitative estimate of drug-likeness (QED) is 0.753. The second-order valence-electron chi connectivity index (χ2n) is 6.35. The van der Waals surface area contributed by atoms with Gasteiger partial charge in [-0.1, -0.05) is 48.6 Å². The number of hydrogen-bond acceptors (Lipinski definition) is 5. The molecule has 0 spiro atoms. The summed E-state index contributed by atoms with van der Waals surface area (Å²) in [6, 6.07) is 10.9. The number of H-pyrrole nitrogens is 1. The Morgan fingerprint density at radius 3 is 2.78 bits per heavy atom. The Morgan fingerprint density at radius 2 is 2.00 bits per heavy atom. The summed E-state index contributed by atoms with van der Waals surface area (Å²) in [6.45, 7) is 0.247. The number of rotatable bonds is 5. The van der Waals surface area contributed by atoms with Crippen LogP contribution in [0.15, 0.2) is 74.2 Å². The average molecular weight is 362 g/mol. The fourth-order valence-corrected chi connectivity index (χ4v) is 3.08. The average Bonchev–Trinajstić information content (AvgIpc) is 2.67. The van der Waals surface area contributed by atoms with Gasteiger partial charge in [0.1, 0.15) is 12.0 Å². The zero-order chi connectivity index (χ0) is 18.6. The van der Waals surface area contributed by atoms with E-state index in [0.29, 0.717) is 12.0 Å². The Hall–Kier alpha value is -3.41. The molecule has 4 rings (SSSR count). The monoisotopic (exact) mass is 362 g/mol. The Labute approximate surface area is 154 Å². The molecule has 1 aliphatic rings. The van der Waals surface area contributed by atoms with Crippen molar-refractivity contribution in [2.24, 2.45) is 0 Å². The van der Waals surface area contributed by atoms with Gasteiger partial charge in [0.05, 0.1) is 0 Å². The van der Waals surface area contributed by atoms with E-state index >= 15 is 0 Å². The third-order valence-electron chi connectivity index (χ3n) is 4.36. The highest BCUT2D eigenvalue weighted by molar-refractivity contribution is 5.76. The number of aromatic amines is 1. The highest BCUT2D eigenvalue weighted by Gasteiger charge is 2.14. The highest BCUT2D eigenvalue weighted by Crippen LogP contribution is 2.20. The lowest BCUT2D eigenvalue weighted by molar-refractivity contribution is 0.279. The molecule has 0 amide bonds. The summed E-state index contributed by atoms with van der Waals surface area (Å²) in [7, 11) is 0. The third-order valence-corrected chi connectivity index (χ3v) is 4.36. The maximum absolute atomic E-state index is 12.6. The first-order valence-electron chi connectivity index (χ1n) is 8.78. The molecular weight excluding hydrogens is 344 g/mol. The number of aromatic nitrogens is 2. The summed E-state index contributed by atoms with van der Waals surface area (Å²) in [4.78, 5) is 31.4. The normalized spacial score (nSPS) is 13.6. The molecule has 6 nitrogen and oxygen atoms in total. The summed E-state index contributed by atoms with van der Waals surface area (Å²) in [5, 5.41) is 0.279. The van der Waals surface area contributed by atoms with E-state index in [-0.39, 0.29) is 29.3 Å². The van der Waals surface area contributed by atoms with Crippen LogP contribution < -0.4 is 15.9 Å². The molecular formula is C21H18N2O4. The minimum Gasteiger partial charge on any atom is -0.460 e. The number of benzene rings is 1. The molecule has 1 aliphatic carbocycles. The van der Waals surface area contributed by atoms with Crippen molar-refractivity contribution in [1.29, 1.82) is 0 Å². The standard InChI is InChI=1S/C21H18N2O4/c24-17-12-16(11-14-7-3-1-4-8-14)18-19(25)22-21(23-20(18)27-17)26-13-15-9-5-2-6-10-15/h2-3,5-10,12H,1,4,11,13H2,(H,22,23,25). The van der Waals surface area contributed by atoms with Crippen LogP contribution in [0.25, 0.3) is 11.1 Å². The smallest absolute Gasteiger partial charge is 0.337 e. The van der Waals surface area contributed by atoms with E-state index in [1.165, 1.54) is 6.07 Å². The SMILES string of the molecule is O=c1cc(CC2=CCCC=C2)c2c(=O)[nH]c(OCc3ccccc3)nc2o1. The van der Waals surface area contributed by atoms with Crippen LogP contribution in [0.2, 0.25) is 0 Å². The van der Waals surface area contributed by atoms with E-state index in [2.05, 4.69) is 22.1 Å². The zero-order valence-electron chi connectivity index (χ0n) is 14.6. The lowest BCUT2D eigenvalue weighted by atomic mass is 9.99. The van der Waals surface area contributed by atoms with E-state index in [1.807, 2.05) is 36.4 Å². The molecule has 0 saturated heterocycles. The summed E-state index contributed by atoms with van der Waals surface area (Å²) in [5.41, 5.74) is 1.67. The molecule has 0 saturated carbocycles. The van der Waals surface area contributed by atoms with Crippen LogP contribution >= 0.6 is 0 Å². The molecule has 0 aliphatic heterocycles. The summed E-state index contributed by atoms with van der Waals surface area (Å²) < 4.78 is 10.7. The van der Waals surface area contributed by atoms with Crippen molar-refractivity contribution < 1.29 is 9.15 Å². The molecule has 0 bridgehead atoms. The number of nitrogens with one attached hydrogen (secondary N) is 1. The first-order chi connectivity index (χ1) is 13.2. The lowest BCUT2D eigenvalue weighted by Crippen LogP contribution is -2.15. The lowest BCUT2D eigenvalue weighted by Gasteiger charge is -2.09. The Kier molecular flexibility index (Phi) is 4.70. The van der Waals surface area contributed by atoms with Gasteiger partial charge in [-0.2, -0.15) is 4.98 Å². The van der Waals surface area contributed by atoms with E-state index in [9.17, 15) is 9.59 Å². The van der Waals surface area contributed by atoms with Crippen LogP contribution in [0.4, 0.5) is 0 Å². The minimum atomic E-state index is -0.537. The Balaban J connectivity index is 1.68. The van der Waals surface area contributed by atoms with Gasteiger partial charge in [0.2, 0.25) is 5.71 Å². The van der Waals surface area contributed by atoms with Gasteiger partial charge in [0.15, 0.2) is 0 Å². The van der Waals surface area contributed by atoms with Crippen LogP contribution in [-0.2, 0) is 13.0 Å². The van der Waals surface area contributed by atoms with Crippen molar-refractivity contribution in [2.45, 2.75) is 25.9 Å². The molecule has 136 valence electrons. The molecule has 27 heavy (non-hydrogen) atoms. The van der Waals surface area contributed by atoms with Gasteiger partial charge < -0.3 is 9.15 Å². The first-order valence-corrected chi connectivity index (χ1v) is 8.78. The van der Waals surface area contributed by atoms with Crippen LogP contribution in [0, 0.1) is 0 Å². The first kappa shape index (κ1) is 17.0. The van der Waals surface area contributed by atoms with Gasteiger partial charge in [0, 0.05) is 6.07 Å². The molecule has 0 unspecified atom stereocenters. The molecule has 2 aromatic heterocycles. The largest absolute Gasteiger partial charge is 0.460 e. The van der Waals surface area contributed by atoms with Gasteiger partial charge >= 0.3 is 5.63 Å². The van der Waals surface area contributed by atoms with Gasteiger partial charge in [-0.15, -0.1) is 0 Å².